The quantitative estimate of drug-likeness (QED) is 0.157. The maximum Gasteiger partial charge on any atom is 0.282 e. The third-order valence-corrected chi connectivity index (χ3v) is 7.66. The van der Waals surface area contributed by atoms with Gasteiger partial charge in [-0.1, -0.05) is 51.8 Å². The summed E-state index contributed by atoms with van der Waals surface area (Å²) in [5, 5.41) is 6.53. The summed E-state index contributed by atoms with van der Waals surface area (Å²) >= 11 is 13.1. The van der Waals surface area contributed by atoms with Gasteiger partial charge in [-0.2, -0.15) is 9.78 Å². The fourth-order valence-corrected chi connectivity index (χ4v) is 5.41. The highest BCUT2D eigenvalue weighted by atomic mass is 79.9. The molecule has 10 heteroatoms. The van der Waals surface area contributed by atoms with Gasteiger partial charge in [-0.15, -0.1) is 0 Å². The number of methoxy groups -OCH3 is 1. The van der Waals surface area contributed by atoms with Crippen molar-refractivity contribution in [1.82, 2.24) is 9.66 Å². The maximum absolute atomic E-state index is 13.6. The smallest absolute Gasteiger partial charge is 0.282 e. The molecule has 2 heterocycles. The second-order valence-corrected chi connectivity index (χ2v) is 11.3. The van der Waals surface area contributed by atoms with Crippen LogP contribution in [0.5, 0.6) is 11.5 Å². The number of aromatic nitrogens is 2. The van der Waals surface area contributed by atoms with Crippen LogP contribution in [0.2, 0.25) is 5.02 Å². The Labute approximate surface area is 256 Å². The molecule has 4 aromatic carbocycles. The molecule has 0 spiro atoms. The van der Waals surface area contributed by atoms with Crippen LogP contribution in [0.1, 0.15) is 11.1 Å². The second kappa shape index (κ2) is 11.5. The maximum atomic E-state index is 13.6. The summed E-state index contributed by atoms with van der Waals surface area (Å²) in [5.74, 6) is 1.74. The molecule has 0 fully saturated rings. The monoisotopic (exact) mass is 691 g/mol. The molecule has 6 rings (SSSR count). The van der Waals surface area contributed by atoms with Crippen molar-refractivity contribution in [3.8, 4) is 23.1 Å². The summed E-state index contributed by atoms with van der Waals surface area (Å²) in [5.41, 5.74) is 2.53. The van der Waals surface area contributed by atoms with E-state index in [9.17, 15) is 4.79 Å². The molecule has 6 aromatic rings. The number of hydrogen-bond donors (Lipinski definition) is 0. The van der Waals surface area contributed by atoms with Crippen LogP contribution >= 0.6 is 43.5 Å². The zero-order valence-electron chi connectivity index (χ0n) is 21.5. The van der Waals surface area contributed by atoms with Crippen molar-refractivity contribution in [2.75, 3.05) is 7.11 Å². The molecule has 0 aliphatic carbocycles. The number of fused-ring (bicyclic) bond motifs is 2. The standard InChI is InChI=1S/C31H20Br2ClN3O4/c1-39-27-13-19(12-24(33)29(27)40-17-18-6-9-22(34)10-7-18)16-35-37-30(36-25-5-3-2-4-23(25)31(37)38)28-15-20-14-21(32)8-11-26(20)41-28/h2-16H,17H2,1H3. The Kier molecular flexibility index (Phi) is 7.66. The lowest BCUT2D eigenvalue weighted by molar-refractivity contribution is 0.282. The van der Waals surface area contributed by atoms with E-state index in [2.05, 4.69) is 37.0 Å². The normalized spacial score (nSPS) is 11.5. The van der Waals surface area contributed by atoms with E-state index in [1.165, 1.54) is 4.68 Å². The molecule has 0 aliphatic heterocycles. The van der Waals surface area contributed by atoms with E-state index in [0.29, 0.717) is 55.4 Å². The van der Waals surface area contributed by atoms with E-state index in [-0.39, 0.29) is 11.4 Å². The fraction of sp³-hybridized carbons (Fsp3) is 0.0645. The van der Waals surface area contributed by atoms with Crippen molar-refractivity contribution in [3.63, 3.8) is 0 Å². The molecule has 0 unspecified atom stereocenters. The molecular weight excluding hydrogens is 674 g/mol. The minimum atomic E-state index is -0.322. The number of ether oxygens (including phenoxy) is 2. The van der Waals surface area contributed by atoms with E-state index >= 15 is 0 Å². The Hall–Kier alpha value is -3.92. The molecule has 0 saturated carbocycles. The summed E-state index contributed by atoms with van der Waals surface area (Å²) in [6.45, 7) is 0.329. The zero-order valence-corrected chi connectivity index (χ0v) is 25.4. The molecule has 7 nitrogen and oxygen atoms in total. The number of halogens is 3. The van der Waals surface area contributed by atoms with Gasteiger partial charge in [-0.25, -0.2) is 4.98 Å². The Balaban J connectivity index is 1.39. The average Bonchev–Trinajstić information content (AvgIpc) is 3.39. The molecule has 204 valence electrons. The second-order valence-electron chi connectivity index (χ2n) is 9.06. The Morgan fingerprint density at radius 3 is 2.63 bits per heavy atom. The van der Waals surface area contributed by atoms with Gasteiger partial charge >= 0.3 is 0 Å². The highest BCUT2D eigenvalue weighted by Crippen LogP contribution is 2.37. The predicted octanol–water partition coefficient (Wildman–Crippen LogP) is 8.46. The van der Waals surface area contributed by atoms with Crippen LogP contribution in [-0.2, 0) is 6.61 Å². The van der Waals surface area contributed by atoms with Crippen LogP contribution in [0.3, 0.4) is 0 Å². The lowest BCUT2D eigenvalue weighted by atomic mass is 10.2. The van der Waals surface area contributed by atoms with Gasteiger partial charge in [0.25, 0.3) is 5.56 Å². The highest BCUT2D eigenvalue weighted by Gasteiger charge is 2.17. The van der Waals surface area contributed by atoms with Gasteiger partial charge in [0.05, 0.1) is 28.7 Å². The number of para-hydroxylation sites is 1. The molecule has 0 aliphatic rings. The van der Waals surface area contributed by atoms with E-state index in [1.54, 1.807) is 37.6 Å². The van der Waals surface area contributed by atoms with Gasteiger partial charge in [-0.3, -0.25) is 4.79 Å². The molecule has 0 amide bonds. The molecule has 2 aromatic heterocycles. The van der Waals surface area contributed by atoms with Crippen molar-refractivity contribution >= 4 is 71.5 Å². The third kappa shape index (κ3) is 5.66. The van der Waals surface area contributed by atoms with E-state index in [1.807, 2.05) is 60.7 Å². The molecule has 0 N–H and O–H groups in total. The molecule has 0 bridgehead atoms. The Morgan fingerprint density at radius 1 is 1.02 bits per heavy atom. The van der Waals surface area contributed by atoms with Crippen LogP contribution in [0.15, 0.2) is 108 Å². The van der Waals surface area contributed by atoms with Crippen molar-refractivity contribution in [2.45, 2.75) is 6.61 Å². The number of nitrogens with zero attached hydrogens (tertiary/aromatic N) is 3. The summed E-state index contributed by atoms with van der Waals surface area (Å²) in [7, 11) is 1.56. The van der Waals surface area contributed by atoms with E-state index in [0.717, 1.165) is 15.4 Å². The van der Waals surface area contributed by atoms with Crippen LogP contribution < -0.4 is 15.0 Å². The van der Waals surface area contributed by atoms with Crippen LogP contribution in [0, 0.1) is 0 Å². The molecule has 41 heavy (non-hydrogen) atoms. The fourth-order valence-electron chi connectivity index (χ4n) is 4.33. The summed E-state index contributed by atoms with van der Waals surface area (Å²) in [6, 6.07) is 25.7. The van der Waals surface area contributed by atoms with Gasteiger partial charge in [-0.05, 0) is 87.7 Å². The Bertz CT molecular complexity index is 2000. The highest BCUT2D eigenvalue weighted by molar-refractivity contribution is 9.10. The molecule has 0 saturated heterocycles. The average molecular weight is 694 g/mol. The van der Waals surface area contributed by atoms with E-state index < -0.39 is 0 Å². The van der Waals surface area contributed by atoms with Crippen molar-refractivity contribution in [2.24, 2.45) is 5.10 Å². The predicted molar refractivity (Wildman–Crippen MR) is 168 cm³/mol. The van der Waals surface area contributed by atoms with Crippen LogP contribution in [0.25, 0.3) is 33.5 Å². The first kappa shape index (κ1) is 27.3. The summed E-state index contributed by atoms with van der Waals surface area (Å²) in [6.07, 6.45) is 1.57. The SMILES string of the molecule is COc1cc(C=Nn2c(-c3cc4cc(Br)ccc4o3)nc3ccccc3c2=O)cc(Br)c1OCc1ccc(Cl)cc1. The van der Waals surface area contributed by atoms with Crippen LogP contribution in [0.4, 0.5) is 0 Å². The third-order valence-electron chi connectivity index (χ3n) is 6.32. The van der Waals surface area contributed by atoms with Gasteiger partial charge in [0, 0.05) is 14.9 Å². The van der Waals surface area contributed by atoms with Gasteiger partial charge < -0.3 is 13.9 Å². The first-order valence-electron chi connectivity index (χ1n) is 12.4. The number of benzene rings is 4. The topological polar surface area (TPSA) is 78.9 Å². The number of rotatable bonds is 7. The lowest BCUT2D eigenvalue weighted by Gasteiger charge is -2.14. The van der Waals surface area contributed by atoms with Crippen molar-refractivity contribution in [1.29, 1.82) is 0 Å². The molecular formula is C31H20Br2ClN3O4. The van der Waals surface area contributed by atoms with E-state index in [4.69, 9.17) is 30.5 Å². The first-order chi connectivity index (χ1) is 19.9. The van der Waals surface area contributed by atoms with Gasteiger partial charge in [0.15, 0.2) is 17.3 Å². The number of hydrogen-bond acceptors (Lipinski definition) is 6. The Morgan fingerprint density at radius 2 is 1.83 bits per heavy atom. The minimum absolute atomic E-state index is 0.284. The van der Waals surface area contributed by atoms with Crippen molar-refractivity contribution in [3.05, 3.63) is 120 Å². The zero-order chi connectivity index (χ0) is 28.5. The number of furan rings is 1. The summed E-state index contributed by atoms with van der Waals surface area (Å²) < 4.78 is 20.6. The van der Waals surface area contributed by atoms with Crippen LogP contribution in [-0.4, -0.2) is 23.0 Å². The van der Waals surface area contributed by atoms with Gasteiger partial charge in [0.2, 0.25) is 5.82 Å². The largest absolute Gasteiger partial charge is 0.493 e. The van der Waals surface area contributed by atoms with Gasteiger partial charge in [0.1, 0.15) is 12.2 Å². The van der Waals surface area contributed by atoms with Crippen molar-refractivity contribution < 1.29 is 13.9 Å². The first-order valence-corrected chi connectivity index (χ1v) is 14.4. The lowest BCUT2D eigenvalue weighted by Crippen LogP contribution is -2.20. The molecule has 0 radical (unpaired) electrons. The molecule has 0 atom stereocenters. The summed E-state index contributed by atoms with van der Waals surface area (Å²) in [4.78, 5) is 18.3. The minimum Gasteiger partial charge on any atom is -0.493 e.